The molecule has 30 heavy (non-hydrogen) atoms. The predicted molar refractivity (Wildman–Crippen MR) is 115 cm³/mol. The van der Waals surface area contributed by atoms with Crippen LogP contribution < -0.4 is 5.73 Å². The first-order valence-electron chi connectivity index (χ1n) is 9.13. The fourth-order valence-corrected chi connectivity index (χ4v) is 4.39. The van der Waals surface area contributed by atoms with Gasteiger partial charge >= 0.3 is 5.97 Å². The van der Waals surface area contributed by atoms with Crippen molar-refractivity contribution in [3.05, 3.63) is 69.2 Å². The summed E-state index contributed by atoms with van der Waals surface area (Å²) in [4.78, 5) is 19.2. The summed E-state index contributed by atoms with van der Waals surface area (Å²) in [6.07, 6.45) is 0. The number of nitrogens with zero attached hydrogens (tertiary/aromatic N) is 3. The number of allylic oxidation sites excluding steroid dienone is 2. The molecule has 0 aliphatic carbocycles. The number of nitriles is 1. The zero-order chi connectivity index (χ0) is 21.4. The molecule has 0 saturated carbocycles. The molecule has 0 spiro atoms. The normalized spacial score (nSPS) is 18.3. The van der Waals surface area contributed by atoms with Gasteiger partial charge in [-0.15, -0.1) is 0 Å². The molecule has 2 aliphatic rings. The standard InChI is InChI=1S/C21H17ClN4O3S/c1-3-28-20(27)17-11(2)25-21-26(19(24)16(10-23)30-21)18(17)15-9-8-14(29-15)12-4-6-13(22)7-5-12/h4-9,18H,3,24H2,1-2H3/t18-/m0/s1. The number of hydrogen-bond acceptors (Lipinski definition) is 8. The molecule has 9 heteroatoms. The van der Waals surface area contributed by atoms with Crippen LogP contribution in [0.4, 0.5) is 0 Å². The number of halogens is 1. The Morgan fingerprint density at radius 1 is 1.37 bits per heavy atom. The zero-order valence-corrected chi connectivity index (χ0v) is 17.8. The number of carbonyl (C=O) groups excluding carboxylic acids is 1. The summed E-state index contributed by atoms with van der Waals surface area (Å²) in [6.45, 7) is 3.68. The van der Waals surface area contributed by atoms with Crippen LogP contribution in [0.3, 0.4) is 0 Å². The van der Waals surface area contributed by atoms with Crippen LogP contribution in [0.2, 0.25) is 5.02 Å². The van der Waals surface area contributed by atoms with Crippen LogP contribution in [0.25, 0.3) is 11.3 Å². The molecule has 152 valence electrons. The summed E-state index contributed by atoms with van der Waals surface area (Å²) in [6, 6.07) is 12.2. The third-order valence-electron chi connectivity index (χ3n) is 4.70. The van der Waals surface area contributed by atoms with E-state index in [4.69, 9.17) is 26.5 Å². The Labute approximate surface area is 182 Å². The van der Waals surface area contributed by atoms with Crippen LogP contribution in [-0.2, 0) is 9.53 Å². The van der Waals surface area contributed by atoms with Gasteiger partial charge in [-0.2, -0.15) is 5.26 Å². The van der Waals surface area contributed by atoms with Crippen molar-refractivity contribution in [1.29, 1.82) is 5.26 Å². The van der Waals surface area contributed by atoms with Crippen molar-refractivity contribution in [1.82, 2.24) is 4.90 Å². The Bertz CT molecular complexity index is 1160. The lowest BCUT2D eigenvalue weighted by Gasteiger charge is -2.33. The molecule has 1 aromatic heterocycles. The van der Waals surface area contributed by atoms with Gasteiger partial charge in [-0.05, 0) is 62.0 Å². The van der Waals surface area contributed by atoms with Crippen LogP contribution in [0.1, 0.15) is 25.6 Å². The van der Waals surface area contributed by atoms with E-state index in [1.165, 1.54) is 0 Å². The first-order valence-corrected chi connectivity index (χ1v) is 10.3. The maximum Gasteiger partial charge on any atom is 0.338 e. The molecule has 0 unspecified atom stereocenters. The van der Waals surface area contributed by atoms with Crippen molar-refractivity contribution in [3.63, 3.8) is 0 Å². The predicted octanol–water partition coefficient (Wildman–Crippen LogP) is 4.55. The molecule has 7 nitrogen and oxygen atoms in total. The molecule has 2 aliphatic heterocycles. The number of thioether (sulfide) groups is 1. The fourth-order valence-electron chi connectivity index (χ4n) is 3.35. The van der Waals surface area contributed by atoms with Gasteiger partial charge in [0, 0.05) is 10.6 Å². The summed E-state index contributed by atoms with van der Waals surface area (Å²) in [5, 5.41) is 10.6. The molecule has 0 fully saturated rings. The lowest BCUT2D eigenvalue weighted by Crippen LogP contribution is -2.38. The quantitative estimate of drug-likeness (QED) is 0.695. The number of benzene rings is 1. The number of esters is 1. The lowest BCUT2D eigenvalue weighted by atomic mass is 10.00. The van der Waals surface area contributed by atoms with Gasteiger partial charge in [0.2, 0.25) is 0 Å². The highest BCUT2D eigenvalue weighted by Crippen LogP contribution is 2.46. The van der Waals surface area contributed by atoms with Gasteiger partial charge in [0.05, 0.1) is 17.9 Å². The summed E-state index contributed by atoms with van der Waals surface area (Å²) >= 11 is 7.14. The van der Waals surface area contributed by atoms with Crippen molar-refractivity contribution in [3.8, 4) is 17.4 Å². The molecule has 0 radical (unpaired) electrons. The first-order chi connectivity index (χ1) is 14.4. The molecule has 3 heterocycles. The molecule has 0 saturated heterocycles. The SMILES string of the molecule is CCOC(=O)C1=C(C)N=C2SC(C#N)=C(N)N2[C@H]1c1ccc(-c2ccc(Cl)cc2)o1. The third-order valence-corrected chi connectivity index (χ3v) is 5.93. The molecular formula is C21H17ClN4O3S. The molecular weight excluding hydrogens is 424 g/mol. The Kier molecular flexibility index (Phi) is 5.33. The van der Waals surface area contributed by atoms with Gasteiger partial charge < -0.3 is 14.9 Å². The second-order valence-corrected chi connectivity index (χ2v) is 7.94. The van der Waals surface area contributed by atoms with Crippen LogP contribution in [0, 0.1) is 11.3 Å². The summed E-state index contributed by atoms with van der Waals surface area (Å²) in [5.74, 6) is 0.819. The Morgan fingerprint density at radius 2 is 2.10 bits per heavy atom. The average Bonchev–Trinajstić information content (AvgIpc) is 3.32. The highest BCUT2D eigenvalue weighted by Gasteiger charge is 2.44. The minimum absolute atomic E-state index is 0.219. The Morgan fingerprint density at radius 3 is 2.77 bits per heavy atom. The lowest BCUT2D eigenvalue weighted by molar-refractivity contribution is -0.139. The number of ether oxygens (including phenoxy) is 1. The van der Waals surface area contributed by atoms with Crippen LogP contribution in [0.5, 0.6) is 0 Å². The van der Waals surface area contributed by atoms with E-state index in [1.54, 1.807) is 36.9 Å². The number of fused-ring (bicyclic) bond motifs is 1. The van der Waals surface area contributed by atoms with Crippen molar-refractivity contribution >= 4 is 34.5 Å². The largest absolute Gasteiger partial charge is 0.463 e. The zero-order valence-electron chi connectivity index (χ0n) is 16.2. The van der Waals surface area contributed by atoms with E-state index in [-0.39, 0.29) is 12.4 Å². The first kappa shape index (κ1) is 20.1. The molecule has 2 aromatic rings. The second kappa shape index (κ2) is 7.94. The van der Waals surface area contributed by atoms with Gasteiger partial charge in [0.25, 0.3) is 0 Å². The smallest absolute Gasteiger partial charge is 0.338 e. The fraction of sp³-hybridized carbons (Fsp3) is 0.190. The summed E-state index contributed by atoms with van der Waals surface area (Å²) < 4.78 is 11.4. The highest BCUT2D eigenvalue weighted by atomic mass is 35.5. The Hall–Kier alpha value is -3.15. The number of amidine groups is 1. The monoisotopic (exact) mass is 440 g/mol. The van der Waals surface area contributed by atoms with E-state index >= 15 is 0 Å². The van der Waals surface area contributed by atoms with Gasteiger partial charge in [-0.1, -0.05) is 11.6 Å². The molecule has 0 bridgehead atoms. The van der Waals surface area contributed by atoms with Crippen molar-refractivity contribution < 1.29 is 13.9 Å². The van der Waals surface area contributed by atoms with Crippen LogP contribution in [0.15, 0.2) is 67.8 Å². The van der Waals surface area contributed by atoms with Crippen molar-refractivity contribution in [2.24, 2.45) is 10.7 Å². The highest BCUT2D eigenvalue weighted by molar-refractivity contribution is 8.17. The molecule has 0 amide bonds. The van der Waals surface area contributed by atoms with Crippen molar-refractivity contribution in [2.75, 3.05) is 6.61 Å². The topological polar surface area (TPSA) is 105 Å². The van der Waals surface area contributed by atoms with E-state index in [0.29, 0.717) is 37.9 Å². The number of carbonyl (C=O) groups is 1. The number of furan rings is 1. The number of hydrogen-bond donors (Lipinski definition) is 1. The van der Waals surface area contributed by atoms with Gasteiger partial charge in [-0.25, -0.2) is 9.79 Å². The minimum Gasteiger partial charge on any atom is -0.463 e. The maximum absolute atomic E-state index is 12.8. The number of aliphatic imine (C=N–C) groups is 1. The van der Waals surface area contributed by atoms with Crippen LogP contribution >= 0.6 is 23.4 Å². The van der Waals surface area contributed by atoms with E-state index in [0.717, 1.165) is 17.3 Å². The van der Waals surface area contributed by atoms with Gasteiger partial charge in [-0.3, -0.25) is 4.90 Å². The molecule has 4 rings (SSSR count). The maximum atomic E-state index is 12.8. The van der Waals surface area contributed by atoms with Crippen molar-refractivity contribution in [2.45, 2.75) is 19.9 Å². The van der Waals surface area contributed by atoms with Crippen LogP contribution in [-0.4, -0.2) is 22.6 Å². The van der Waals surface area contributed by atoms with E-state index in [9.17, 15) is 10.1 Å². The summed E-state index contributed by atoms with van der Waals surface area (Å²) in [5.41, 5.74) is 7.89. The number of rotatable bonds is 4. The molecule has 1 atom stereocenters. The second-order valence-electron chi connectivity index (χ2n) is 6.52. The number of nitrogens with two attached hydrogens (primary N) is 1. The molecule has 2 N–H and O–H groups in total. The van der Waals surface area contributed by atoms with E-state index < -0.39 is 12.0 Å². The molecule has 1 aromatic carbocycles. The third kappa shape index (κ3) is 3.36. The van der Waals surface area contributed by atoms with E-state index in [1.807, 2.05) is 18.2 Å². The van der Waals surface area contributed by atoms with Gasteiger partial charge in [0.15, 0.2) is 5.17 Å². The van der Waals surface area contributed by atoms with E-state index in [2.05, 4.69) is 11.1 Å². The summed E-state index contributed by atoms with van der Waals surface area (Å²) in [7, 11) is 0. The minimum atomic E-state index is -0.698. The van der Waals surface area contributed by atoms with Gasteiger partial charge in [0.1, 0.15) is 34.4 Å². The Balaban J connectivity index is 1.82. The average molecular weight is 441 g/mol.